The summed E-state index contributed by atoms with van der Waals surface area (Å²) in [7, 11) is 0. The van der Waals surface area contributed by atoms with Crippen molar-refractivity contribution in [2.24, 2.45) is 11.8 Å². The van der Waals surface area contributed by atoms with Crippen molar-refractivity contribution in [1.29, 1.82) is 0 Å². The minimum absolute atomic E-state index is 0.0202. The molecule has 1 aliphatic heterocycles. The molecule has 1 aromatic carbocycles. The van der Waals surface area contributed by atoms with Gasteiger partial charge in [-0.15, -0.1) is 0 Å². The van der Waals surface area contributed by atoms with Gasteiger partial charge in [0.1, 0.15) is 11.6 Å². The first kappa shape index (κ1) is 23.3. The second-order valence-corrected chi connectivity index (χ2v) is 9.14. The Balaban J connectivity index is 1.43. The van der Waals surface area contributed by atoms with Gasteiger partial charge in [0.25, 0.3) is 5.91 Å². The molecule has 4 atom stereocenters. The molecule has 1 saturated carbocycles. The van der Waals surface area contributed by atoms with E-state index in [1.807, 2.05) is 6.92 Å². The van der Waals surface area contributed by atoms with Crippen molar-refractivity contribution in [1.82, 2.24) is 15.0 Å². The van der Waals surface area contributed by atoms with Crippen LogP contribution in [0.3, 0.4) is 0 Å². The Hall–Kier alpha value is -3.50. The number of hydrogen-bond acceptors (Lipinski definition) is 7. The van der Waals surface area contributed by atoms with E-state index < -0.39 is 29.2 Å². The Morgan fingerprint density at radius 1 is 1.20 bits per heavy atom. The Labute approximate surface area is 200 Å². The maximum Gasteiger partial charge on any atom is 0.276 e. The molecule has 10 heteroatoms. The summed E-state index contributed by atoms with van der Waals surface area (Å²) in [6.07, 6.45) is 5.74. The Kier molecular flexibility index (Phi) is 6.16. The topological polar surface area (TPSA) is 123 Å². The summed E-state index contributed by atoms with van der Waals surface area (Å²) >= 11 is 0. The third-order valence-corrected chi connectivity index (χ3v) is 6.58. The maximum atomic E-state index is 14.2. The monoisotopic (exact) mass is 481 g/mol. The SMILES string of the molecule is CC1CC(c2ccncc2NC(=O)c2nc(-c3c(F)cccc3F)ncc2N)OC(C2CC2)C1O. The van der Waals surface area contributed by atoms with Crippen molar-refractivity contribution in [3.63, 3.8) is 0 Å². The van der Waals surface area contributed by atoms with Gasteiger partial charge in [-0.1, -0.05) is 13.0 Å². The van der Waals surface area contributed by atoms with Gasteiger partial charge < -0.3 is 20.9 Å². The highest BCUT2D eigenvalue weighted by Gasteiger charge is 2.44. The number of hydrogen-bond donors (Lipinski definition) is 3. The van der Waals surface area contributed by atoms with E-state index in [1.165, 1.54) is 12.3 Å². The highest BCUT2D eigenvalue weighted by atomic mass is 19.1. The lowest BCUT2D eigenvalue weighted by Crippen LogP contribution is -2.42. The Bertz CT molecular complexity index is 1250. The van der Waals surface area contributed by atoms with E-state index in [9.17, 15) is 18.7 Å². The van der Waals surface area contributed by atoms with Gasteiger partial charge in [-0.25, -0.2) is 18.7 Å². The standard InChI is InChI=1S/C25H25F2N5O3/c1-12-9-19(35-23(22(12)33)13-5-6-13)14-7-8-29-11-18(14)31-25(34)21-17(28)10-30-24(32-21)20-15(26)3-2-4-16(20)27/h2-4,7-8,10-13,19,22-23,33H,5-6,9,28H2,1H3,(H,31,34). The first-order valence-electron chi connectivity index (χ1n) is 11.5. The van der Waals surface area contributed by atoms with Crippen molar-refractivity contribution in [2.75, 3.05) is 11.1 Å². The van der Waals surface area contributed by atoms with E-state index in [4.69, 9.17) is 10.5 Å². The van der Waals surface area contributed by atoms with Crippen LogP contribution in [-0.4, -0.2) is 38.2 Å². The molecule has 4 unspecified atom stereocenters. The van der Waals surface area contributed by atoms with E-state index >= 15 is 0 Å². The highest BCUT2D eigenvalue weighted by molar-refractivity contribution is 6.06. The lowest BCUT2D eigenvalue weighted by atomic mass is 9.86. The van der Waals surface area contributed by atoms with Gasteiger partial charge in [-0.2, -0.15) is 0 Å². The number of pyridine rings is 1. The molecule has 3 aromatic rings. The van der Waals surface area contributed by atoms with E-state index in [1.54, 1.807) is 12.3 Å². The number of carbonyl (C=O) groups excluding carboxylic acids is 1. The van der Waals surface area contributed by atoms with Gasteiger partial charge in [0.05, 0.1) is 47.6 Å². The third-order valence-electron chi connectivity index (χ3n) is 6.58. The summed E-state index contributed by atoms with van der Waals surface area (Å²) in [5, 5.41) is 13.3. The number of nitrogens with two attached hydrogens (primary N) is 1. The number of nitrogens with one attached hydrogen (secondary N) is 1. The molecule has 4 N–H and O–H groups in total. The number of aliphatic hydroxyl groups is 1. The van der Waals surface area contributed by atoms with Crippen LogP contribution in [0, 0.1) is 23.5 Å². The average Bonchev–Trinajstić information content (AvgIpc) is 3.67. The summed E-state index contributed by atoms with van der Waals surface area (Å²) in [5.41, 5.74) is 6.32. The molecule has 1 saturated heterocycles. The first-order valence-corrected chi connectivity index (χ1v) is 11.5. The zero-order valence-electron chi connectivity index (χ0n) is 19.0. The number of aliphatic hydroxyl groups excluding tert-OH is 1. The van der Waals surface area contributed by atoms with Crippen LogP contribution in [0.5, 0.6) is 0 Å². The van der Waals surface area contributed by atoms with Crippen LogP contribution in [0.2, 0.25) is 0 Å². The van der Waals surface area contributed by atoms with Crippen LogP contribution in [0.15, 0.2) is 42.9 Å². The molecule has 35 heavy (non-hydrogen) atoms. The largest absolute Gasteiger partial charge is 0.396 e. The quantitative estimate of drug-likeness (QED) is 0.505. The molecular weight excluding hydrogens is 456 g/mol. The van der Waals surface area contributed by atoms with Gasteiger partial charge in [0.15, 0.2) is 11.5 Å². The number of carbonyl (C=O) groups is 1. The van der Waals surface area contributed by atoms with Crippen LogP contribution in [0.4, 0.5) is 20.2 Å². The average molecular weight is 482 g/mol. The second kappa shape index (κ2) is 9.27. The number of halogens is 2. The van der Waals surface area contributed by atoms with E-state index in [0.717, 1.165) is 31.2 Å². The molecule has 2 aliphatic rings. The number of nitrogen functional groups attached to an aromatic ring is 1. The Morgan fingerprint density at radius 3 is 2.66 bits per heavy atom. The highest BCUT2D eigenvalue weighted by Crippen LogP contribution is 2.45. The molecule has 2 fully saturated rings. The molecule has 2 aromatic heterocycles. The molecule has 0 bridgehead atoms. The molecule has 182 valence electrons. The fourth-order valence-corrected chi connectivity index (χ4v) is 4.52. The summed E-state index contributed by atoms with van der Waals surface area (Å²) in [6, 6.07) is 5.15. The lowest BCUT2D eigenvalue weighted by molar-refractivity contribution is -0.151. The van der Waals surface area contributed by atoms with Gasteiger partial charge in [-0.3, -0.25) is 9.78 Å². The molecule has 1 aliphatic carbocycles. The third kappa shape index (κ3) is 4.59. The summed E-state index contributed by atoms with van der Waals surface area (Å²) < 4.78 is 34.7. The summed E-state index contributed by atoms with van der Waals surface area (Å²) in [5.74, 6) is -2.32. The number of anilines is 2. The molecule has 5 rings (SSSR count). The molecule has 1 amide bonds. The zero-order chi connectivity index (χ0) is 24.7. The fraction of sp³-hybridized carbons (Fsp3) is 0.360. The normalized spacial score (nSPS) is 24.2. The van der Waals surface area contributed by atoms with Gasteiger partial charge in [-0.05, 0) is 49.3 Å². The molecular formula is C25H25F2N5O3. The fourth-order valence-electron chi connectivity index (χ4n) is 4.52. The molecule has 8 nitrogen and oxygen atoms in total. The van der Waals surface area contributed by atoms with Crippen molar-refractivity contribution in [3.05, 3.63) is 65.7 Å². The van der Waals surface area contributed by atoms with E-state index in [-0.39, 0.29) is 35.3 Å². The molecule has 0 radical (unpaired) electrons. The smallest absolute Gasteiger partial charge is 0.276 e. The minimum atomic E-state index is -0.855. The lowest BCUT2D eigenvalue weighted by Gasteiger charge is -2.39. The number of rotatable bonds is 5. The van der Waals surface area contributed by atoms with Crippen LogP contribution < -0.4 is 11.1 Å². The summed E-state index contributed by atoms with van der Waals surface area (Å²) in [6.45, 7) is 1.99. The number of ether oxygens (including phenoxy) is 1. The predicted octanol–water partition coefficient (Wildman–Crippen LogP) is 3.89. The summed E-state index contributed by atoms with van der Waals surface area (Å²) in [4.78, 5) is 25.2. The van der Waals surface area contributed by atoms with Gasteiger partial charge >= 0.3 is 0 Å². The van der Waals surface area contributed by atoms with Crippen LogP contribution in [-0.2, 0) is 4.74 Å². The van der Waals surface area contributed by atoms with E-state index in [0.29, 0.717) is 23.6 Å². The van der Waals surface area contributed by atoms with E-state index in [2.05, 4.69) is 20.3 Å². The van der Waals surface area contributed by atoms with Crippen molar-refractivity contribution >= 4 is 17.3 Å². The molecule has 0 spiro atoms. The number of benzene rings is 1. The van der Waals surface area contributed by atoms with Crippen molar-refractivity contribution in [2.45, 2.75) is 44.5 Å². The molecule has 3 heterocycles. The van der Waals surface area contributed by atoms with Crippen LogP contribution in [0.25, 0.3) is 11.4 Å². The minimum Gasteiger partial charge on any atom is -0.396 e. The van der Waals surface area contributed by atoms with Crippen LogP contribution >= 0.6 is 0 Å². The second-order valence-electron chi connectivity index (χ2n) is 9.14. The number of aromatic nitrogens is 3. The van der Waals surface area contributed by atoms with Gasteiger partial charge in [0.2, 0.25) is 0 Å². The van der Waals surface area contributed by atoms with Crippen molar-refractivity contribution in [3.8, 4) is 11.4 Å². The Morgan fingerprint density at radius 2 is 1.94 bits per heavy atom. The van der Waals surface area contributed by atoms with Crippen LogP contribution in [0.1, 0.15) is 48.3 Å². The maximum absolute atomic E-state index is 14.2. The van der Waals surface area contributed by atoms with Gasteiger partial charge in [0, 0.05) is 11.8 Å². The first-order chi connectivity index (χ1) is 16.8. The number of amides is 1. The zero-order valence-corrected chi connectivity index (χ0v) is 19.0. The van der Waals surface area contributed by atoms with Crippen molar-refractivity contribution < 1.29 is 23.4 Å². The predicted molar refractivity (Wildman–Crippen MR) is 124 cm³/mol. The number of nitrogens with zero attached hydrogens (tertiary/aromatic N) is 3.